The molecule has 2 aromatic rings. The summed E-state index contributed by atoms with van der Waals surface area (Å²) < 4.78 is 15.5. The van der Waals surface area contributed by atoms with Crippen LogP contribution >= 0.6 is 0 Å². The second-order valence-electron chi connectivity index (χ2n) is 8.50. The molecule has 1 saturated heterocycles. The predicted octanol–water partition coefficient (Wildman–Crippen LogP) is 4.57. The van der Waals surface area contributed by atoms with E-state index in [1.165, 1.54) is 12.1 Å². The van der Waals surface area contributed by atoms with Crippen molar-refractivity contribution >= 4 is 11.7 Å². The van der Waals surface area contributed by atoms with Crippen LogP contribution in [0.3, 0.4) is 0 Å². The van der Waals surface area contributed by atoms with E-state index in [1.54, 1.807) is 6.07 Å². The van der Waals surface area contributed by atoms with Gasteiger partial charge in [0.15, 0.2) is 0 Å². The van der Waals surface area contributed by atoms with Gasteiger partial charge in [0.25, 0.3) is 0 Å². The summed E-state index contributed by atoms with van der Waals surface area (Å²) in [6.45, 7) is 10.7. The van der Waals surface area contributed by atoms with Gasteiger partial charge in [-0.05, 0) is 55.2 Å². The van der Waals surface area contributed by atoms with Crippen molar-refractivity contribution in [1.82, 2.24) is 14.8 Å². The minimum absolute atomic E-state index is 0.0461. The van der Waals surface area contributed by atoms with Gasteiger partial charge >= 0.3 is 0 Å². The molecule has 0 bridgehead atoms. The average molecular weight is 437 g/mol. The van der Waals surface area contributed by atoms with E-state index in [-0.39, 0.29) is 17.8 Å². The van der Waals surface area contributed by atoms with E-state index in [9.17, 15) is 4.39 Å². The summed E-state index contributed by atoms with van der Waals surface area (Å²) in [5.41, 5.74) is 3.40. The van der Waals surface area contributed by atoms with E-state index in [2.05, 4.69) is 18.8 Å². The van der Waals surface area contributed by atoms with Gasteiger partial charge in [-0.15, -0.1) is 0 Å². The second kappa shape index (κ2) is 9.94. The van der Waals surface area contributed by atoms with Crippen LogP contribution in [0.25, 0.3) is 11.1 Å². The van der Waals surface area contributed by atoms with Crippen LogP contribution in [0, 0.1) is 29.5 Å². The fourth-order valence-corrected chi connectivity index (χ4v) is 3.99. The SMILES string of the molecule is C=C(/N=c1/c(-c2ccc(F)cc2C)cccn1C)NC1CCN(C(=N)[C@H](C)CC)C(=N)C1. The maximum Gasteiger partial charge on any atom is 0.142 e. The molecule has 1 unspecified atom stereocenters. The molecule has 1 aromatic carbocycles. The molecule has 0 amide bonds. The van der Waals surface area contributed by atoms with Gasteiger partial charge in [-0.1, -0.05) is 26.5 Å². The Balaban J connectivity index is 1.79. The lowest BCUT2D eigenvalue weighted by Gasteiger charge is -2.36. The zero-order valence-corrected chi connectivity index (χ0v) is 19.4. The van der Waals surface area contributed by atoms with Crippen molar-refractivity contribution in [2.45, 2.75) is 46.1 Å². The number of piperidine rings is 1. The Kier molecular flexibility index (Phi) is 7.28. The van der Waals surface area contributed by atoms with Crippen LogP contribution in [0.2, 0.25) is 0 Å². The molecule has 2 heterocycles. The molecule has 0 radical (unpaired) electrons. The molecule has 3 rings (SSSR count). The van der Waals surface area contributed by atoms with Gasteiger partial charge in [-0.2, -0.15) is 0 Å². The fraction of sp³-hybridized carbons (Fsp3) is 0.400. The number of likely N-dealkylation sites (tertiary alicyclic amines) is 1. The first-order valence-corrected chi connectivity index (χ1v) is 11.1. The van der Waals surface area contributed by atoms with Crippen molar-refractivity contribution in [1.29, 1.82) is 10.8 Å². The van der Waals surface area contributed by atoms with E-state index >= 15 is 0 Å². The summed E-state index contributed by atoms with van der Waals surface area (Å²) in [5, 5.41) is 20.1. The number of nitrogens with one attached hydrogen (secondary N) is 3. The maximum atomic E-state index is 13.6. The Morgan fingerprint density at radius 3 is 2.75 bits per heavy atom. The second-order valence-corrected chi connectivity index (χ2v) is 8.50. The van der Waals surface area contributed by atoms with E-state index < -0.39 is 0 Å². The number of halogens is 1. The Hall–Kier alpha value is -3.22. The molecule has 0 spiro atoms. The summed E-state index contributed by atoms with van der Waals surface area (Å²) in [6.07, 6.45) is 4.14. The number of benzene rings is 1. The minimum Gasteiger partial charge on any atom is -0.367 e. The van der Waals surface area contributed by atoms with Gasteiger partial charge in [0.05, 0.1) is 0 Å². The lowest BCUT2D eigenvalue weighted by Crippen LogP contribution is -2.49. The number of pyridine rings is 1. The lowest BCUT2D eigenvalue weighted by molar-refractivity contribution is 0.405. The number of hydrogen-bond donors (Lipinski definition) is 3. The summed E-state index contributed by atoms with van der Waals surface area (Å²) in [5.74, 6) is 1.40. The van der Waals surface area contributed by atoms with Crippen LogP contribution in [0.5, 0.6) is 0 Å². The fourth-order valence-electron chi connectivity index (χ4n) is 3.99. The Morgan fingerprint density at radius 2 is 2.09 bits per heavy atom. The number of aromatic nitrogens is 1. The molecule has 32 heavy (non-hydrogen) atoms. The highest BCUT2D eigenvalue weighted by Gasteiger charge is 2.27. The van der Waals surface area contributed by atoms with Crippen LogP contribution in [0.1, 0.15) is 38.7 Å². The molecule has 6 nitrogen and oxygen atoms in total. The van der Waals surface area contributed by atoms with Crippen LogP contribution < -0.4 is 10.8 Å². The smallest absolute Gasteiger partial charge is 0.142 e. The highest BCUT2D eigenvalue weighted by atomic mass is 19.1. The van der Waals surface area contributed by atoms with Gasteiger partial charge in [0.1, 0.15) is 28.8 Å². The molecule has 1 aliphatic heterocycles. The number of hydrogen-bond acceptors (Lipinski definition) is 4. The molecular weight excluding hydrogens is 403 g/mol. The first-order valence-electron chi connectivity index (χ1n) is 11.1. The quantitative estimate of drug-likeness (QED) is 0.458. The first-order chi connectivity index (χ1) is 15.2. The largest absolute Gasteiger partial charge is 0.367 e. The number of aryl methyl sites for hydroxylation is 2. The van der Waals surface area contributed by atoms with Crippen molar-refractivity contribution in [2.75, 3.05) is 6.54 Å². The molecule has 0 saturated carbocycles. The third-order valence-electron chi connectivity index (χ3n) is 6.07. The topological polar surface area (TPSA) is 80.3 Å². The van der Waals surface area contributed by atoms with E-state index in [4.69, 9.17) is 15.8 Å². The molecular formula is C25H33FN6. The van der Waals surface area contributed by atoms with Gasteiger partial charge in [0.2, 0.25) is 0 Å². The van der Waals surface area contributed by atoms with E-state index in [0.29, 0.717) is 30.5 Å². The van der Waals surface area contributed by atoms with Gasteiger partial charge < -0.3 is 14.8 Å². The average Bonchev–Trinajstić information content (AvgIpc) is 2.74. The van der Waals surface area contributed by atoms with E-state index in [0.717, 1.165) is 35.0 Å². The molecule has 170 valence electrons. The molecule has 0 aliphatic carbocycles. The van der Waals surface area contributed by atoms with Crippen molar-refractivity contribution in [3.05, 3.63) is 65.8 Å². The Morgan fingerprint density at radius 1 is 1.34 bits per heavy atom. The lowest BCUT2D eigenvalue weighted by atomic mass is 10.00. The molecule has 7 heteroatoms. The van der Waals surface area contributed by atoms with Crippen LogP contribution in [0.4, 0.5) is 4.39 Å². The third kappa shape index (κ3) is 5.15. The van der Waals surface area contributed by atoms with Crippen LogP contribution in [-0.4, -0.2) is 33.7 Å². The summed E-state index contributed by atoms with van der Waals surface area (Å²) in [4.78, 5) is 6.57. The summed E-state index contributed by atoms with van der Waals surface area (Å²) in [7, 11) is 1.92. The van der Waals surface area contributed by atoms with Gasteiger partial charge in [0, 0.05) is 43.7 Å². The molecule has 3 N–H and O–H groups in total. The van der Waals surface area contributed by atoms with E-state index in [1.807, 2.05) is 48.7 Å². The molecule has 2 atom stereocenters. The van der Waals surface area contributed by atoms with Gasteiger partial charge in [-0.25, -0.2) is 9.38 Å². The number of nitrogens with zero attached hydrogens (tertiary/aromatic N) is 3. The standard InChI is InChI=1S/C25H33FN6/c1-6-16(2)24(28)32-13-11-20(15-23(32)27)29-18(4)30-25-22(8-7-12-31(25)5)21-10-9-19(26)14-17(21)3/h7-10,12,14,16,20,27-29H,4,6,11,13,15H2,1-3,5H3/b27-23?,28-24?,30-25-/t16-,20?/m1/s1. The Bertz CT molecular complexity index is 1100. The molecule has 1 aliphatic rings. The normalized spacial score (nSPS) is 17.9. The number of rotatable bonds is 6. The van der Waals surface area contributed by atoms with Crippen molar-refractivity contribution < 1.29 is 4.39 Å². The van der Waals surface area contributed by atoms with Crippen LogP contribution in [0.15, 0.2) is 53.9 Å². The Labute approximate surface area is 189 Å². The first kappa shape index (κ1) is 23.4. The monoisotopic (exact) mass is 436 g/mol. The summed E-state index contributed by atoms with van der Waals surface area (Å²) >= 11 is 0. The molecule has 1 fully saturated rings. The third-order valence-corrected chi connectivity index (χ3v) is 6.07. The van der Waals surface area contributed by atoms with Crippen molar-refractivity contribution in [3.63, 3.8) is 0 Å². The maximum absolute atomic E-state index is 13.6. The predicted molar refractivity (Wildman–Crippen MR) is 128 cm³/mol. The zero-order valence-electron chi connectivity index (χ0n) is 19.4. The van der Waals surface area contributed by atoms with Crippen LogP contribution in [-0.2, 0) is 7.05 Å². The number of amidine groups is 2. The molecule has 1 aromatic heterocycles. The highest BCUT2D eigenvalue weighted by Crippen LogP contribution is 2.21. The van der Waals surface area contributed by atoms with Crippen molar-refractivity contribution in [3.8, 4) is 11.1 Å². The summed E-state index contributed by atoms with van der Waals surface area (Å²) in [6, 6.07) is 8.72. The zero-order chi connectivity index (χ0) is 23.4. The van der Waals surface area contributed by atoms with Gasteiger partial charge in [-0.3, -0.25) is 10.8 Å². The highest BCUT2D eigenvalue weighted by molar-refractivity contribution is 5.99. The van der Waals surface area contributed by atoms with Crippen molar-refractivity contribution in [2.24, 2.45) is 18.0 Å². The minimum atomic E-state index is -0.258.